The highest BCUT2D eigenvalue weighted by Gasteiger charge is 2.15. The van der Waals surface area contributed by atoms with E-state index in [0.29, 0.717) is 0 Å². The van der Waals surface area contributed by atoms with Crippen LogP contribution < -0.4 is 5.73 Å². The molecule has 86 valence electrons. The minimum absolute atomic E-state index is 0.0403. The Morgan fingerprint density at radius 3 is 2.93 bits per heavy atom. The Kier molecular flexibility index (Phi) is 4.78. The lowest BCUT2D eigenvalue weighted by molar-refractivity contribution is 0.103. The summed E-state index contributed by atoms with van der Waals surface area (Å²) in [6.45, 7) is 5.14. The van der Waals surface area contributed by atoms with Gasteiger partial charge in [0, 0.05) is 26.0 Å². The summed E-state index contributed by atoms with van der Waals surface area (Å²) in [6, 6.07) is -0.0403. The minimum Gasteiger partial charge on any atom is -0.382 e. The highest BCUT2D eigenvalue weighted by molar-refractivity contribution is 4.98. The van der Waals surface area contributed by atoms with Crippen LogP contribution in [0.5, 0.6) is 0 Å². The third kappa shape index (κ3) is 3.32. The molecule has 0 radical (unpaired) electrons. The van der Waals surface area contributed by atoms with Gasteiger partial charge in [-0.1, -0.05) is 6.92 Å². The molecule has 0 aliphatic rings. The summed E-state index contributed by atoms with van der Waals surface area (Å²) in [6.07, 6.45) is 5.86. The number of aromatic nitrogens is 2. The van der Waals surface area contributed by atoms with E-state index in [2.05, 4.69) is 16.5 Å². The molecule has 0 fully saturated rings. The summed E-state index contributed by atoms with van der Waals surface area (Å²) in [5, 5.41) is 0. The highest BCUT2D eigenvalue weighted by atomic mass is 16.5. The van der Waals surface area contributed by atoms with Crippen LogP contribution in [-0.2, 0) is 11.3 Å². The van der Waals surface area contributed by atoms with E-state index in [4.69, 9.17) is 10.5 Å². The molecule has 1 heterocycles. The Hall–Kier alpha value is -0.870. The van der Waals surface area contributed by atoms with E-state index in [9.17, 15) is 0 Å². The van der Waals surface area contributed by atoms with Crippen molar-refractivity contribution in [2.45, 2.75) is 45.4 Å². The molecule has 4 heteroatoms. The maximum Gasteiger partial charge on any atom is 0.125 e. The fraction of sp³-hybridized carbons (Fsp3) is 0.727. The largest absolute Gasteiger partial charge is 0.382 e. The summed E-state index contributed by atoms with van der Waals surface area (Å²) >= 11 is 0. The second-order valence-corrected chi connectivity index (χ2v) is 3.87. The first-order chi connectivity index (χ1) is 7.19. The standard InChI is InChI=1S/C11H21N3O/c1-4-6-14-7-5-13-11(14)10(12)8-9(2)15-3/h5,7,9-10H,4,6,8,12H2,1-3H3. The van der Waals surface area contributed by atoms with Crippen LogP contribution in [0.2, 0.25) is 0 Å². The third-order valence-corrected chi connectivity index (χ3v) is 2.53. The van der Waals surface area contributed by atoms with Gasteiger partial charge < -0.3 is 15.0 Å². The van der Waals surface area contributed by atoms with E-state index in [-0.39, 0.29) is 12.1 Å². The molecule has 0 amide bonds. The molecular formula is C11H21N3O. The fourth-order valence-corrected chi connectivity index (χ4v) is 1.64. The van der Waals surface area contributed by atoms with E-state index >= 15 is 0 Å². The van der Waals surface area contributed by atoms with Crippen molar-refractivity contribution in [1.29, 1.82) is 0 Å². The average molecular weight is 211 g/mol. The van der Waals surface area contributed by atoms with Gasteiger partial charge >= 0.3 is 0 Å². The van der Waals surface area contributed by atoms with Gasteiger partial charge in [0.25, 0.3) is 0 Å². The number of imidazole rings is 1. The number of nitrogens with zero attached hydrogens (tertiary/aromatic N) is 2. The molecule has 1 aromatic rings. The SMILES string of the molecule is CCCn1ccnc1C(N)CC(C)OC. The van der Waals surface area contributed by atoms with Crippen molar-refractivity contribution < 1.29 is 4.74 Å². The van der Waals surface area contributed by atoms with E-state index in [1.54, 1.807) is 7.11 Å². The highest BCUT2D eigenvalue weighted by Crippen LogP contribution is 2.15. The third-order valence-electron chi connectivity index (χ3n) is 2.53. The second kappa shape index (κ2) is 5.88. The van der Waals surface area contributed by atoms with Gasteiger partial charge in [-0.2, -0.15) is 0 Å². The van der Waals surface area contributed by atoms with Crippen molar-refractivity contribution in [1.82, 2.24) is 9.55 Å². The van der Waals surface area contributed by atoms with Gasteiger partial charge in [-0.15, -0.1) is 0 Å². The Balaban J connectivity index is 2.63. The number of nitrogens with two attached hydrogens (primary N) is 1. The maximum atomic E-state index is 6.08. The zero-order valence-electron chi connectivity index (χ0n) is 9.81. The van der Waals surface area contributed by atoms with Crippen molar-refractivity contribution in [3.8, 4) is 0 Å². The lowest BCUT2D eigenvalue weighted by Crippen LogP contribution is -2.21. The number of rotatable bonds is 6. The predicted octanol–water partition coefficient (Wildman–Crippen LogP) is 1.72. The topological polar surface area (TPSA) is 53.1 Å². The lowest BCUT2D eigenvalue weighted by atomic mass is 10.1. The van der Waals surface area contributed by atoms with Crippen LogP contribution in [0.15, 0.2) is 12.4 Å². The molecule has 0 aliphatic carbocycles. The quantitative estimate of drug-likeness (QED) is 0.779. The summed E-state index contributed by atoms with van der Waals surface area (Å²) in [4.78, 5) is 4.30. The van der Waals surface area contributed by atoms with Gasteiger partial charge in [0.1, 0.15) is 5.82 Å². The Morgan fingerprint density at radius 2 is 2.33 bits per heavy atom. The van der Waals surface area contributed by atoms with E-state index in [0.717, 1.165) is 25.2 Å². The molecular weight excluding hydrogens is 190 g/mol. The first-order valence-electron chi connectivity index (χ1n) is 5.48. The zero-order valence-corrected chi connectivity index (χ0v) is 9.81. The molecule has 1 aromatic heterocycles. The molecule has 0 spiro atoms. The monoisotopic (exact) mass is 211 g/mol. The maximum absolute atomic E-state index is 6.08. The summed E-state index contributed by atoms with van der Waals surface area (Å²) in [5.74, 6) is 0.959. The normalized spacial score (nSPS) is 15.2. The molecule has 0 aliphatic heterocycles. The number of hydrogen-bond acceptors (Lipinski definition) is 3. The second-order valence-electron chi connectivity index (χ2n) is 3.87. The van der Waals surface area contributed by atoms with Crippen LogP contribution in [0.3, 0.4) is 0 Å². The first kappa shape index (κ1) is 12.2. The molecule has 4 nitrogen and oxygen atoms in total. The summed E-state index contributed by atoms with van der Waals surface area (Å²) in [7, 11) is 1.70. The Bertz CT molecular complexity index is 285. The molecule has 2 atom stereocenters. The Morgan fingerprint density at radius 1 is 1.60 bits per heavy atom. The smallest absolute Gasteiger partial charge is 0.125 e. The van der Waals surface area contributed by atoms with Crippen LogP contribution >= 0.6 is 0 Å². The number of ether oxygens (including phenoxy) is 1. The number of aryl methyl sites for hydroxylation is 1. The van der Waals surface area contributed by atoms with Crippen LogP contribution in [0, 0.1) is 0 Å². The van der Waals surface area contributed by atoms with Crippen molar-refractivity contribution in [3.05, 3.63) is 18.2 Å². The van der Waals surface area contributed by atoms with Crippen molar-refractivity contribution in [3.63, 3.8) is 0 Å². The molecule has 2 unspecified atom stereocenters. The van der Waals surface area contributed by atoms with Gasteiger partial charge in [-0.3, -0.25) is 0 Å². The van der Waals surface area contributed by atoms with Crippen molar-refractivity contribution >= 4 is 0 Å². The van der Waals surface area contributed by atoms with Crippen molar-refractivity contribution in [2.24, 2.45) is 5.73 Å². The number of hydrogen-bond donors (Lipinski definition) is 1. The number of methoxy groups -OCH3 is 1. The molecule has 15 heavy (non-hydrogen) atoms. The van der Waals surface area contributed by atoms with Crippen LogP contribution in [0.25, 0.3) is 0 Å². The average Bonchev–Trinajstić information content (AvgIpc) is 2.66. The molecule has 0 bridgehead atoms. The summed E-state index contributed by atoms with van der Waals surface area (Å²) in [5.41, 5.74) is 6.08. The van der Waals surface area contributed by atoms with E-state index in [1.807, 2.05) is 19.3 Å². The molecule has 0 saturated carbocycles. The van der Waals surface area contributed by atoms with Gasteiger partial charge in [-0.05, 0) is 19.8 Å². The van der Waals surface area contributed by atoms with E-state index in [1.165, 1.54) is 0 Å². The molecule has 0 saturated heterocycles. The van der Waals surface area contributed by atoms with E-state index < -0.39 is 0 Å². The predicted molar refractivity (Wildman–Crippen MR) is 60.5 cm³/mol. The van der Waals surface area contributed by atoms with Gasteiger partial charge in [0.15, 0.2) is 0 Å². The Labute approximate surface area is 91.4 Å². The molecule has 1 rings (SSSR count). The van der Waals surface area contributed by atoms with Crippen LogP contribution in [0.4, 0.5) is 0 Å². The van der Waals surface area contributed by atoms with Crippen LogP contribution in [0.1, 0.15) is 38.6 Å². The van der Waals surface area contributed by atoms with Crippen molar-refractivity contribution in [2.75, 3.05) is 7.11 Å². The van der Waals surface area contributed by atoms with Gasteiger partial charge in [-0.25, -0.2) is 4.98 Å². The summed E-state index contributed by atoms with van der Waals surface area (Å²) < 4.78 is 7.32. The molecule has 0 aromatic carbocycles. The molecule has 2 N–H and O–H groups in total. The minimum atomic E-state index is -0.0403. The zero-order chi connectivity index (χ0) is 11.3. The first-order valence-corrected chi connectivity index (χ1v) is 5.48. The van der Waals surface area contributed by atoms with Gasteiger partial charge in [0.2, 0.25) is 0 Å². The van der Waals surface area contributed by atoms with Crippen LogP contribution in [-0.4, -0.2) is 22.8 Å². The van der Waals surface area contributed by atoms with Gasteiger partial charge in [0.05, 0.1) is 12.1 Å². The fourth-order valence-electron chi connectivity index (χ4n) is 1.64. The lowest BCUT2D eigenvalue weighted by Gasteiger charge is -2.17.